The van der Waals surface area contributed by atoms with Gasteiger partial charge in [-0.3, -0.25) is 4.79 Å². The molecule has 1 aliphatic heterocycles. The molecule has 5 heteroatoms. The van der Waals surface area contributed by atoms with E-state index in [4.69, 9.17) is 9.47 Å². The van der Waals surface area contributed by atoms with Gasteiger partial charge in [-0.25, -0.2) is 4.39 Å². The van der Waals surface area contributed by atoms with E-state index < -0.39 is 5.82 Å². The second-order valence-electron chi connectivity index (χ2n) is 5.06. The van der Waals surface area contributed by atoms with Crippen LogP contribution < -0.4 is 0 Å². The molecule has 0 N–H and O–H groups in total. The number of rotatable bonds is 6. The third-order valence-corrected chi connectivity index (χ3v) is 3.55. The van der Waals surface area contributed by atoms with Crippen LogP contribution in [0.15, 0.2) is 24.3 Å². The van der Waals surface area contributed by atoms with Gasteiger partial charge < -0.3 is 14.4 Å². The van der Waals surface area contributed by atoms with E-state index in [1.165, 1.54) is 12.1 Å². The van der Waals surface area contributed by atoms with Crippen LogP contribution >= 0.6 is 0 Å². The van der Waals surface area contributed by atoms with Crippen LogP contribution in [0, 0.1) is 5.82 Å². The summed E-state index contributed by atoms with van der Waals surface area (Å²) in [5, 5.41) is 0. The molecule has 4 nitrogen and oxygen atoms in total. The molecule has 0 bridgehead atoms. The minimum Gasteiger partial charge on any atom is -0.379 e. The summed E-state index contributed by atoms with van der Waals surface area (Å²) in [6.07, 6.45) is 1.81. The van der Waals surface area contributed by atoms with Crippen molar-refractivity contribution in [3.8, 4) is 0 Å². The average Bonchev–Trinajstić information content (AvgIpc) is 2.52. The van der Waals surface area contributed by atoms with Crippen LogP contribution in [-0.4, -0.2) is 49.8 Å². The van der Waals surface area contributed by atoms with E-state index in [0.29, 0.717) is 32.9 Å². The highest BCUT2D eigenvalue weighted by molar-refractivity contribution is 5.94. The fourth-order valence-corrected chi connectivity index (χ4v) is 2.48. The summed E-state index contributed by atoms with van der Waals surface area (Å²) >= 11 is 0. The number of amides is 1. The van der Waals surface area contributed by atoms with Gasteiger partial charge in [-0.15, -0.1) is 0 Å². The number of carbonyl (C=O) groups is 1. The first-order chi connectivity index (χ1) is 10.2. The van der Waals surface area contributed by atoms with Crippen LogP contribution in [0.1, 0.15) is 30.1 Å². The van der Waals surface area contributed by atoms with Crippen LogP contribution in [-0.2, 0) is 9.47 Å². The molecule has 1 saturated heterocycles. The topological polar surface area (TPSA) is 38.8 Å². The minimum absolute atomic E-state index is 0.00919. The zero-order chi connectivity index (χ0) is 15.1. The molecule has 0 radical (unpaired) electrons. The van der Waals surface area contributed by atoms with E-state index in [1.54, 1.807) is 17.0 Å². The largest absolute Gasteiger partial charge is 0.379 e. The lowest BCUT2D eigenvalue weighted by Gasteiger charge is -2.32. The zero-order valence-corrected chi connectivity index (χ0v) is 12.4. The lowest BCUT2D eigenvalue weighted by Crippen LogP contribution is -2.43. The molecule has 21 heavy (non-hydrogen) atoms. The first kappa shape index (κ1) is 15.9. The number of halogens is 1. The van der Waals surface area contributed by atoms with Gasteiger partial charge in [-0.1, -0.05) is 12.1 Å². The van der Waals surface area contributed by atoms with Gasteiger partial charge in [-0.2, -0.15) is 0 Å². The van der Waals surface area contributed by atoms with E-state index >= 15 is 0 Å². The van der Waals surface area contributed by atoms with E-state index in [2.05, 4.69) is 0 Å². The number of ether oxygens (including phenoxy) is 2. The molecule has 0 saturated carbocycles. The lowest BCUT2D eigenvalue weighted by atomic mass is 10.1. The van der Waals surface area contributed by atoms with E-state index in [1.807, 2.05) is 6.92 Å². The Balaban J connectivity index is 1.88. The molecule has 116 valence electrons. The number of benzene rings is 1. The minimum atomic E-state index is -0.470. The molecule has 1 atom stereocenters. The van der Waals surface area contributed by atoms with Crippen LogP contribution in [0.25, 0.3) is 0 Å². The van der Waals surface area contributed by atoms with Gasteiger partial charge in [0.25, 0.3) is 5.91 Å². The van der Waals surface area contributed by atoms with Gasteiger partial charge in [0.1, 0.15) is 5.82 Å². The molecule has 1 aromatic rings. The highest BCUT2D eigenvalue weighted by Gasteiger charge is 2.26. The molecule has 0 unspecified atom stereocenters. The number of carbonyl (C=O) groups excluding carboxylic acids is 1. The molecule has 1 aromatic carbocycles. The van der Waals surface area contributed by atoms with Crippen molar-refractivity contribution in [3.63, 3.8) is 0 Å². The SMILES string of the molecule is CCOCCO[C@H]1CCCN(C(=O)c2ccccc2F)C1. The third kappa shape index (κ3) is 4.51. The predicted molar refractivity (Wildman–Crippen MR) is 77.8 cm³/mol. The maximum atomic E-state index is 13.7. The Morgan fingerprint density at radius 1 is 1.38 bits per heavy atom. The van der Waals surface area contributed by atoms with Crippen molar-refractivity contribution in [1.82, 2.24) is 4.90 Å². The van der Waals surface area contributed by atoms with Crippen molar-refractivity contribution >= 4 is 5.91 Å². The van der Waals surface area contributed by atoms with Crippen molar-refractivity contribution in [3.05, 3.63) is 35.6 Å². The maximum Gasteiger partial charge on any atom is 0.256 e. The molecule has 1 fully saturated rings. The van der Waals surface area contributed by atoms with Gasteiger partial charge in [0.05, 0.1) is 24.9 Å². The van der Waals surface area contributed by atoms with Gasteiger partial charge in [0, 0.05) is 19.7 Å². The van der Waals surface area contributed by atoms with E-state index in [0.717, 1.165) is 12.8 Å². The Labute approximate surface area is 124 Å². The number of piperidine rings is 1. The van der Waals surface area contributed by atoms with Gasteiger partial charge in [0.2, 0.25) is 0 Å². The van der Waals surface area contributed by atoms with Gasteiger partial charge >= 0.3 is 0 Å². The second-order valence-corrected chi connectivity index (χ2v) is 5.06. The molecule has 2 rings (SSSR count). The van der Waals surface area contributed by atoms with Gasteiger partial charge in [-0.05, 0) is 31.9 Å². The quantitative estimate of drug-likeness (QED) is 0.757. The highest BCUT2D eigenvalue weighted by Crippen LogP contribution is 2.17. The lowest BCUT2D eigenvalue weighted by molar-refractivity contribution is -0.0226. The van der Waals surface area contributed by atoms with Gasteiger partial charge in [0.15, 0.2) is 0 Å². The van der Waals surface area contributed by atoms with Crippen molar-refractivity contribution in [1.29, 1.82) is 0 Å². The van der Waals surface area contributed by atoms with Crippen LogP contribution in [0.3, 0.4) is 0 Å². The number of likely N-dealkylation sites (tertiary alicyclic amines) is 1. The van der Waals surface area contributed by atoms with Crippen molar-refractivity contribution < 1.29 is 18.7 Å². The molecular formula is C16H22FNO3. The molecule has 1 aliphatic rings. The molecule has 0 aromatic heterocycles. The van der Waals surface area contributed by atoms with Crippen molar-refractivity contribution in [2.45, 2.75) is 25.9 Å². The molecular weight excluding hydrogens is 273 g/mol. The van der Waals surface area contributed by atoms with Crippen molar-refractivity contribution in [2.24, 2.45) is 0 Å². The molecule has 0 aliphatic carbocycles. The van der Waals surface area contributed by atoms with Crippen LogP contribution in [0.5, 0.6) is 0 Å². The number of hydrogen-bond donors (Lipinski definition) is 0. The van der Waals surface area contributed by atoms with Crippen LogP contribution in [0.2, 0.25) is 0 Å². The smallest absolute Gasteiger partial charge is 0.256 e. The predicted octanol–water partition coefficient (Wildman–Crippen LogP) is 2.48. The fraction of sp³-hybridized carbons (Fsp3) is 0.562. The molecule has 1 amide bonds. The monoisotopic (exact) mass is 295 g/mol. The average molecular weight is 295 g/mol. The first-order valence-corrected chi connectivity index (χ1v) is 7.45. The molecule has 1 heterocycles. The summed E-state index contributed by atoms with van der Waals surface area (Å²) < 4.78 is 24.6. The Morgan fingerprint density at radius 3 is 2.95 bits per heavy atom. The number of nitrogens with zero attached hydrogens (tertiary/aromatic N) is 1. The van der Waals surface area contributed by atoms with E-state index in [-0.39, 0.29) is 17.6 Å². The maximum absolute atomic E-state index is 13.7. The Kier molecular flexibility index (Phi) is 6.14. The zero-order valence-electron chi connectivity index (χ0n) is 12.4. The fourth-order valence-electron chi connectivity index (χ4n) is 2.48. The normalized spacial score (nSPS) is 18.8. The summed E-state index contributed by atoms with van der Waals surface area (Å²) in [5.74, 6) is -0.729. The second kappa shape index (κ2) is 8.10. The molecule has 0 spiro atoms. The summed E-state index contributed by atoms with van der Waals surface area (Å²) in [4.78, 5) is 14.0. The number of hydrogen-bond acceptors (Lipinski definition) is 3. The highest BCUT2D eigenvalue weighted by atomic mass is 19.1. The summed E-state index contributed by atoms with van der Waals surface area (Å²) in [5.41, 5.74) is 0.132. The van der Waals surface area contributed by atoms with Crippen molar-refractivity contribution in [2.75, 3.05) is 32.9 Å². The standard InChI is InChI=1S/C16H22FNO3/c1-2-20-10-11-21-13-6-5-9-18(12-13)16(19)14-7-3-4-8-15(14)17/h3-4,7-8,13H,2,5-6,9-12H2,1H3/t13-/m0/s1. The Bertz CT molecular complexity index is 467. The Morgan fingerprint density at radius 2 is 2.19 bits per heavy atom. The van der Waals surface area contributed by atoms with Crippen LogP contribution in [0.4, 0.5) is 4.39 Å². The summed E-state index contributed by atoms with van der Waals surface area (Å²) in [7, 11) is 0. The first-order valence-electron chi connectivity index (χ1n) is 7.45. The van der Waals surface area contributed by atoms with E-state index in [9.17, 15) is 9.18 Å². The summed E-state index contributed by atoms with van der Waals surface area (Å²) in [6, 6.07) is 6.10. The Hall–Kier alpha value is -1.46. The summed E-state index contributed by atoms with van der Waals surface area (Å²) in [6.45, 7) is 4.87. The third-order valence-electron chi connectivity index (χ3n) is 3.55.